The Morgan fingerprint density at radius 1 is 1.39 bits per heavy atom. The van der Waals surface area contributed by atoms with Crippen LogP contribution in [0.3, 0.4) is 0 Å². The number of rotatable bonds is 3. The molecule has 0 aliphatic carbocycles. The highest BCUT2D eigenvalue weighted by atomic mass is 16.5. The Balaban J connectivity index is 1.61. The van der Waals surface area contributed by atoms with E-state index in [-0.39, 0.29) is 24.1 Å². The van der Waals surface area contributed by atoms with Crippen LogP contribution in [-0.4, -0.2) is 50.5 Å². The van der Waals surface area contributed by atoms with Gasteiger partial charge in [-0.1, -0.05) is 0 Å². The summed E-state index contributed by atoms with van der Waals surface area (Å²) in [5.41, 5.74) is 0.788. The number of amides is 1. The van der Waals surface area contributed by atoms with Crippen LogP contribution in [0.1, 0.15) is 25.7 Å². The van der Waals surface area contributed by atoms with Crippen LogP contribution >= 0.6 is 0 Å². The second-order valence-corrected chi connectivity index (χ2v) is 6.16. The van der Waals surface area contributed by atoms with Crippen LogP contribution in [-0.2, 0) is 16.6 Å². The number of aryl methyl sites for hydroxylation is 1. The lowest BCUT2D eigenvalue weighted by atomic mass is 9.92. The summed E-state index contributed by atoms with van der Waals surface area (Å²) >= 11 is 0. The Hall–Kier alpha value is -2.22. The summed E-state index contributed by atoms with van der Waals surface area (Å²) in [5.74, 6) is 0.852. The number of anilines is 1. The summed E-state index contributed by atoms with van der Waals surface area (Å²) in [6.07, 6.45) is 6.68. The average molecular weight is 316 g/mol. The molecular weight excluding hydrogens is 296 g/mol. The number of carbonyl (C=O) groups excluding carboxylic acids is 1. The molecule has 0 aromatic carbocycles. The maximum atomic E-state index is 11.8. The minimum absolute atomic E-state index is 0.0274. The standard InChI is InChI=1S/C15H20N6O2/c1-21-15-9(7-18-21)14(16-8-17-15)19-10-4-5-12(22)20-13(10)11-3-2-6-23-11/h7-8,10-11,13H,2-6H2,1H3,(H,20,22)(H,16,17,19)/t10-,11?,13-/m1/s1. The van der Waals surface area contributed by atoms with Crippen LogP contribution in [0.15, 0.2) is 12.5 Å². The summed E-state index contributed by atoms with van der Waals surface area (Å²) in [6, 6.07) is 0.0644. The first-order chi connectivity index (χ1) is 11.2. The van der Waals surface area contributed by atoms with Crippen LogP contribution in [0, 0.1) is 0 Å². The van der Waals surface area contributed by atoms with E-state index in [9.17, 15) is 4.79 Å². The highest BCUT2D eigenvalue weighted by molar-refractivity contribution is 5.86. The topological polar surface area (TPSA) is 94.0 Å². The van der Waals surface area contributed by atoms with Crippen molar-refractivity contribution in [3.63, 3.8) is 0 Å². The highest BCUT2D eigenvalue weighted by Crippen LogP contribution is 2.26. The van der Waals surface area contributed by atoms with E-state index in [1.54, 1.807) is 10.9 Å². The Bertz CT molecular complexity index is 724. The van der Waals surface area contributed by atoms with E-state index >= 15 is 0 Å². The predicted molar refractivity (Wildman–Crippen MR) is 83.9 cm³/mol. The summed E-state index contributed by atoms with van der Waals surface area (Å²) in [6.45, 7) is 0.768. The number of carbonyl (C=O) groups is 1. The van der Waals surface area contributed by atoms with E-state index in [4.69, 9.17) is 4.74 Å². The maximum absolute atomic E-state index is 11.8. The smallest absolute Gasteiger partial charge is 0.220 e. The van der Waals surface area contributed by atoms with Crippen molar-refractivity contribution >= 4 is 22.8 Å². The SMILES string of the molecule is Cn1ncc2c(N[C@@H]3CCC(=O)N[C@H]3C3CCCO3)ncnc21. The number of hydrogen-bond acceptors (Lipinski definition) is 6. The molecule has 4 rings (SSSR count). The molecule has 122 valence electrons. The van der Waals surface area contributed by atoms with E-state index < -0.39 is 0 Å². The minimum Gasteiger partial charge on any atom is -0.376 e. The molecule has 3 atom stereocenters. The van der Waals surface area contributed by atoms with Crippen molar-refractivity contribution in [2.24, 2.45) is 7.05 Å². The molecule has 2 N–H and O–H groups in total. The second kappa shape index (κ2) is 5.77. The first-order valence-corrected chi connectivity index (χ1v) is 8.02. The number of nitrogens with zero attached hydrogens (tertiary/aromatic N) is 4. The molecule has 2 aromatic heterocycles. The van der Waals surface area contributed by atoms with Gasteiger partial charge in [-0.05, 0) is 19.3 Å². The molecule has 0 spiro atoms. The average Bonchev–Trinajstić information content (AvgIpc) is 3.20. The summed E-state index contributed by atoms with van der Waals surface area (Å²) < 4.78 is 7.52. The van der Waals surface area contributed by atoms with Gasteiger partial charge < -0.3 is 15.4 Å². The zero-order valence-electron chi connectivity index (χ0n) is 13.0. The summed E-state index contributed by atoms with van der Waals surface area (Å²) in [7, 11) is 1.86. The van der Waals surface area contributed by atoms with Gasteiger partial charge >= 0.3 is 0 Å². The number of piperidine rings is 1. The molecular formula is C15H20N6O2. The van der Waals surface area contributed by atoms with Crippen molar-refractivity contribution in [2.75, 3.05) is 11.9 Å². The highest BCUT2D eigenvalue weighted by Gasteiger charge is 2.37. The zero-order chi connectivity index (χ0) is 15.8. The number of aromatic nitrogens is 4. The number of nitrogens with one attached hydrogen (secondary N) is 2. The van der Waals surface area contributed by atoms with Gasteiger partial charge in [0.1, 0.15) is 12.1 Å². The lowest BCUT2D eigenvalue weighted by Gasteiger charge is -2.36. The quantitative estimate of drug-likeness (QED) is 0.861. The normalized spacial score (nSPS) is 28.0. The van der Waals surface area contributed by atoms with Crippen LogP contribution in [0.2, 0.25) is 0 Å². The third-order valence-electron chi connectivity index (χ3n) is 4.66. The van der Waals surface area contributed by atoms with E-state index in [1.807, 2.05) is 7.05 Å². The van der Waals surface area contributed by atoms with Crippen molar-refractivity contribution in [2.45, 2.75) is 43.9 Å². The maximum Gasteiger partial charge on any atom is 0.220 e. The molecule has 1 unspecified atom stereocenters. The van der Waals surface area contributed by atoms with Gasteiger partial charge in [-0.15, -0.1) is 0 Å². The lowest BCUT2D eigenvalue weighted by Crippen LogP contribution is -2.56. The molecule has 2 aromatic rings. The Morgan fingerprint density at radius 3 is 3.13 bits per heavy atom. The molecule has 8 heteroatoms. The Kier molecular flexibility index (Phi) is 3.60. The molecule has 2 saturated heterocycles. The fourth-order valence-corrected chi connectivity index (χ4v) is 3.48. The van der Waals surface area contributed by atoms with Gasteiger partial charge in [0.2, 0.25) is 5.91 Å². The summed E-state index contributed by atoms with van der Waals surface area (Å²) in [4.78, 5) is 20.4. The minimum atomic E-state index is -0.0274. The van der Waals surface area contributed by atoms with E-state index in [0.717, 1.165) is 42.7 Å². The molecule has 1 amide bonds. The number of hydrogen-bond donors (Lipinski definition) is 2. The first-order valence-electron chi connectivity index (χ1n) is 8.02. The van der Waals surface area contributed by atoms with Crippen molar-refractivity contribution in [1.82, 2.24) is 25.1 Å². The fraction of sp³-hybridized carbons (Fsp3) is 0.600. The molecule has 0 bridgehead atoms. The molecule has 23 heavy (non-hydrogen) atoms. The van der Waals surface area contributed by atoms with Crippen LogP contribution in [0.5, 0.6) is 0 Å². The van der Waals surface area contributed by atoms with E-state index in [0.29, 0.717) is 6.42 Å². The first kappa shape index (κ1) is 14.4. The van der Waals surface area contributed by atoms with Gasteiger partial charge in [0.25, 0.3) is 0 Å². The van der Waals surface area contributed by atoms with Crippen molar-refractivity contribution in [3.05, 3.63) is 12.5 Å². The van der Waals surface area contributed by atoms with Gasteiger partial charge in [-0.2, -0.15) is 5.10 Å². The van der Waals surface area contributed by atoms with Crippen molar-refractivity contribution in [3.8, 4) is 0 Å². The Labute approximate surface area is 133 Å². The van der Waals surface area contributed by atoms with Crippen molar-refractivity contribution in [1.29, 1.82) is 0 Å². The predicted octanol–water partition coefficient (Wildman–Crippen LogP) is 0.601. The lowest BCUT2D eigenvalue weighted by molar-refractivity contribution is -0.124. The zero-order valence-corrected chi connectivity index (χ0v) is 13.0. The Morgan fingerprint density at radius 2 is 2.30 bits per heavy atom. The van der Waals surface area contributed by atoms with Gasteiger partial charge in [0.15, 0.2) is 5.65 Å². The largest absolute Gasteiger partial charge is 0.376 e. The van der Waals surface area contributed by atoms with Crippen LogP contribution in [0.25, 0.3) is 11.0 Å². The van der Waals surface area contributed by atoms with Gasteiger partial charge in [-0.25, -0.2) is 9.97 Å². The third kappa shape index (κ3) is 2.63. The van der Waals surface area contributed by atoms with Crippen LogP contribution < -0.4 is 10.6 Å². The van der Waals surface area contributed by atoms with Gasteiger partial charge in [0.05, 0.1) is 29.8 Å². The molecule has 2 aliphatic rings. The van der Waals surface area contributed by atoms with Gasteiger partial charge in [-0.3, -0.25) is 9.48 Å². The summed E-state index contributed by atoms with van der Waals surface area (Å²) in [5, 5.41) is 11.7. The third-order valence-corrected chi connectivity index (χ3v) is 4.66. The molecule has 0 radical (unpaired) electrons. The fourth-order valence-electron chi connectivity index (χ4n) is 3.48. The second-order valence-electron chi connectivity index (χ2n) is 6.16. The van der Waals surface area contributed by atoms with E-state index in [2.05, 4.69) is 25.7 Å². The molecule has 2 aliphatic heterocycles. The number of ether oxygens (including phenoxy) is 1. The molecule has 0 saturated carbocycles. The molecule has 2 fully saturated rings. The van der Waals surface area contributed by atoms with Crippen LogP contribution in [0.4, 0.5) is 5.82 Å². The van der Waals surface area contributed by atoms with Crippen molar-refractivity contribution < 1.29 is 9.53 Å². The monoisotopic (exact) mass is 316 g/mol. The number of fused-ring (bicyclic) bond motifs is 1. The molecule has 8 nitrogen and oxygen atoms in total. The van der Waals surface area contributed by atoms with Gasteiger partial charge in [0, 0.05) is 20.1 Å². The van der Waals surface area contributed by atoms with E-state index in [1.165, 1.54) is 6.33 Å². The molecule has 4 heterocycles.